The molecule has 0 bridgehead atoms. The summed E-state index contributed by atoms with van der Waals surface area (Å²) in [6.45, 7) is 4.28. The number of nitrogens with one attached hydrogen (secondary N) is 2. The van der Waals surface area contributed by atoms with Gasteiger partial charge in [-0.15, -0.1) is 12.4 Å². The topological polar surface area (TPSA) is 50.4 Å². The van der Waals surface area contributed by atoms with Crippen LogP contribution in [-0.2, 0) is 9.53 Å². The van der Waals surface area contributed by atoms with E-state index in [0.29, 0.717) is 6.10 Å². The Labute approximate surface area is 110 Å². The maximum Gasteiger partial charge on any atom is 0.224 e. The molecule has 0 aliphatic carbocycles. The SMILES string of the molecule is CNCC(C)C(=O)NCCC1CCCCO1.Cl. The van der Waals surface area contributed by atoms with E-state index in [1.165, 1.54) is 12.8 Å². The lowest BCUT2D eigenvalue weighted by atomic mass is 10.1. The second-order valence-electron chi connectivity index (χ2n) is 4.53. The Morgan fingerprint density at radius 1 is 1.47 bits per heavy atom. The summed E-state index contributed by atoms with van der Waals surface area (Å²) in [6.07, 6.45) is 4.88. The normalized spacial score (nSPS) is 21.4. The van der Waals surface area contributed by atoms with Gasteiger partial charge in [0.05, 0.1) is 6.10 Å². The first-order chi connectivity index (χ1) is 7.74. The maximum absolute atomic E-state index is 11.6. The van der Waals surface area contributed by atoms with Crippen molar-refractivity contribution in [2.75, 3.05) is 26.7 Å². The van der Waals surface area contributed by atoms with Crippen LogP contribution in [-0.4, -0.2) is 38.8 Å². The van der Waals surface area contributed by atoms with Crippen LogP contribution in [0.2, 0.25) is 0 Å². The average molecular weight is 265 g/mol. The third kappa shape index (κ3) is 6.86. The molecule has 0 saturated carbocycles. The second-order valence-corrected chi connectivity index (χ2v) is 4.53. The van der Waals surface area contributed by atoms with Crippen LogP contribution in [0.3, 0.4) is 0 Å². The molecule has 0 aromatic rings. The molecule has 102 valence electrons. The Kier molecular flexibility index (Phi) is 9.50. The smallest absolute Gasteiger partial charge is 0.224 e. The molecule has 17 heavy (non-hydrogen) atoms. The third-order valence-corrected chi connectivity index (χ3v) is 3.00. The van der Waals surface area contributed by atoms with Gasteiger partial charge in [0.2, 0.25) is 5.91 Å². The molecular formula is C12H25ClN2O2. The van der Waals surface area contributed by atoms with E-state index in [-0.39, 0.29) is 24.2 Å². The van der Waals surface area contributed by atoms with E-state index in [0.717, 1.165) is 32.5 Å². The molecule has 1 rings (SSSR count). The summed E-state index contributed by atoms with van der Waals surface area (Å²) in [5.74, 6) is 0.169. The number of carbonyl (C=O) groups excluding carboxylic acids is 1. The molecule has 0 aromatic heterocycles. The molecular weight excluding hydrogens is 240 g/mol. The summed E-state index contributed by atoms with van der Waals surface area (Å²) in [7, 11) is 1.86. The lowest BCUT2D eigenvalue weighted by Crippen LogP contribution is -2.36. The lowest BCUT2D eigenvalue weighted by Gasteiger charge is -2.22. The molecule has 2 unspecified atom stereocenters. The fourth-order valence-electron chi connectivity index (χ4n) is 1.96. The van der Waals surface area contributed by atoms with E-state index >= 15 is 0 Å². The Bertz CT molecular complexity index is 209. The fourth-order valence-corrected chi connectivity index (χ4v) is 1.96. The number of ether oxygens (including phenoxy) is 1. The minimum Gasteiger partial charge on any atom is -0.378 e. The van der Waals surface area contributed by atoms with E-state index < -0.39 is 0 Å². The largest absolute Gasteiger partial charge is 0.378 e. The molecule has 1 aliphatic heterocycles. The molecule has 1 heterocycles. The van der Waals surface area contributed by atoms with Crippen LogP contribution < -0.4 is 10.6 Å². The van der Waals surface area contributed by atoms with Crippen molar-refractivity contribution >= 4 is 18.3 Å². The molecule has 0 radical (unpaired) electrons. The molecule has 0 spiro atoms. The van der Waals surface area contributed by atoms with Crippen LogP contribution in [0, 0.1) is 5.92 Å². The van der Waals surface area contributed by atoms with Crippen molar-refractivity contribution in [1.29, 1.82) is 0 Å². The highest BCUT2D eigenvalue weighted by molar-refractivity contribution is 5.85. The Morgan fingerprint density at radius 2 is 2.24 bits per heavy atom. The number of hydrogen-bond donors (Lipinski definition) is 2. The van der Waals surface area contributed by atoms with Gasteiger partial charge in [-0.1, -0.05) is 6.92 Å². The summed E-state index contributed by atoms with van der Waals surface area (Å²) in [5.41, 5.74) is 0. The molecule has 5 heteroatoms. The van der Waals surface area contributed by atoms with E-state index in [9.17, 15) is 4.79 Å². The van der Waals surface area contributed by atoms with Crippen LogP contribution in [0.1, 0.15) is 32.6 Å². The van der Waals surface area contributed by atoms with Gasteiger partial charge in [0, 0.05) is 25.6 Å². The van der Waals surface area contributed by atoms with E-state index in [4.69, 9.17) is 4.74 Å². The fraction of sp³-hybridized carbons (Fsp3) is 0.917. The minimum absolute atomic E-state index is 0. The molecule has 4 nitrogen and oxygen atoms in total. The Hall–Kier alpha value is -0.320. The van der Waals surface area contributed by atoms with Crippen molar-refractivity contribution in [3.63, 3.8) is 0 Å². The Balaban J connectivity index is 0.00000256. The summed E-state index contributed by atoms with van der Waals surface area (Å²) >= 11 is 0. The van der Waals surface area contributed by atoms with Gasteiger partial charge in [0.15, 0.2) is 0 Å². The molecule has 2 N–H and O–H groups in total. The second kappa shape index (κ2) is 9.68. The van der Waals surface area contributed by atoms with Crippen molar-refractivity contribution < 1.29 is 9.53 Å². The van der Waals surface area contributed by atoms with Gasteiger partial charge < -0.3 is 15.4 Å². The van der Waals surface area contributed by atoms with Gasteiger partial charge in [-0.25, -0.2) is 0 Å². The van der Waals surface area contributed by atoms with Gasteiger partial charge in [-0.3, -0.25) is 4.79 Å². The van der Waals surface area contributed by atoms with Crippen molar-refractivity contribution in [1.82, 2.24) is 10.6 Å². The molecule has 1 saturated heterocycles. The third-order valence-electron chi connectivity index (χ3n) is 3.00. The lowest BCUT2D eigenvalue weighted by molar-refractivity contribution is -0.124. The van der Waals surface area contributed by atoms with Crippen LogP contribution in [0.25, 0.3) is 0 Å². The van der Waals surface area contributed by atoms with Crippen LogP contribution in [0.4, 0.5) is 0 Å². The van der Waals surface area contributed by atoms with E-state index in [1.54, 1.807) is 0 Å². The average Bonchev–Trinajstić information content (AvgIpc) is 2.30. The van der Waals surface area contributed by atoms with Crippen molar-refractivity contribution in [3.05, 3.63) is 0 Å². The van der Waals surface area contributed by atoms with Crippen molar-refractivity contribution in [2.45, 2.75) is 38.7 Å². The minimum atomic E-state index is 0. The first-order valence-electron chi connectivity index (χ1n) is 6.28. The van der Waals surface area contributed by atoms with Gasteiger partial charge in [0.25, 0.3) is 0 Å². The maximum atomic E-state index is 11.6. The van der Waals surface area contributed by atoms with Crippen molar-refractivity contribution in [2.24, 2.45) is 5.92 Å². The first kappa shape index (κ1) is 16.7. The van der Waals surface area contributed by atoms with Gasteiger partial charge in [-0.2, -0.15) is 0 Å². The summed E-state index contributed by atoms with van der Waals surface area (Å²) in [4.78, 5) is 11.6. The summed E-state index contributed by atoms with van der Waals surface area (Å²) in [5, 5.41) is 5.96. The number of hydrogen-bond acceptors (Lipinski definition) is 3. The van der Waals surface area contributed by atoms with Crippen molar-refractivity contribution in [3.8, 4) is 0 Å². The van der Waals surface area contributed by atoms with Crippen LogP contribution in [0.15, 0.2) is 0 Å². The number of halogens is 1. The van der Waals surface area contributed by atoms with E-state index in [1.807, 2.05) is 14.0 Å². The number of rotatable bonds is 6. The zero-order valence-corrected chi connectivity index (χ0v) is 11.6. The first-order valence-corrected chi connectivity index (χ1v) is 6.28. The van der Waals surface area contributed by atoms with E-state index in [2.05, 4.69) is 10.6 Å². The number of amides is 1. The number of carbonyl (C=O) groups is 1. The Morgan fingerprint density at radius 3 is 2.82 bits per heavy atom. The van der Waals surface area contributed by atoms with Gasteiger partial charge >= 0.3 is 0 Å². The summed E-state index contributed by atoms with van der Waals surface area (Å²) in [6, 6.07) is 0. The zero-order chi connectivity index (χ0) is 11.8. The summed E-state index contributed by atoms with van der Waals surface area (Å²) < 4.78 is 5.60. The molecule has 2 atom stereocenters. The van der Waals surface area contributed by atoms with Gasteiger partial charge in [-0.05, 0) is 32.7 Å². The molecule has 1 amide bonds. The zero-order valence-electron chi connectivity index (χ0n) is 10.8. The van der Waals surface area contributed by atoms with Crippen LogP contribution >= 0.6 is 12.4 Å². The quantitative estimate of drug-likeness (QED) is 0.761. The highest BCUT2D eigenvalue weighted by atomic mass is 35.5. The monoisotopic (exact) mass is 264 g/mol. The van der Waals surface area contributed by atoms with Gasteiger partial charge in [0.1, 0.15) is 0 Å². The molecule has 1 aliphatic rings. The molecule has 0 aromatic carbocycles. The predicted molar refractivity (Wildman–Crippen MR) is 71.6 cm³/mol. The highest BCUT2D eigenvalue weighted by Gasteiger charge is 2.15. The van der Waals surface area contributed by atoms with Crippen LogP contribution in [0.5, 0.6) is 0 Å². The molecule has 1 fully saturated rings. The predicted octanol–water partition coefficient (Wildman–Crippen LogP) is 1.34. The standard InChI is InChI=1S/C12H24N2O2.ClH/c1-10(9-13-2)12(15)14-7-6-11-5-3-4-8-16-11;/h10-11,13H,3-9H2,1-2H3,(H,14,15);1H. The highest BCUT2D eigenvalue weighted by Crippen LogP contribution is 2.14.